The number of anilines is 1. The molecule has 0 atom stereocenters. The van der Waals surface area contributed by atoms with Gasteiger partial charge in [0.15, 0.2) is 5.76 Å². The molecular weight excluding hydrogens is 194 g/mol. The molecule has 1 N–H and O–H groups in total. The highest BCUT2D eigenvalue weighted by Gasteiger charge is 2.17. The number of hydrogen-bond acceptors (Lipinski definition) is 3. The monoisotopic (exact) mass is 203 g/mol. The summed E-state index contributed by atoms with van der Waals surface area (Å²) in [6.07, 6.45) is 1.38. The topological polar surface area (TPSA) is 53.7 Å². The lowest BCUT2D eigenvalue weighted by atomic mass is 10.3. The van der Waals surface area contributed by atoms with Gasteiger partial charge in [0.2, 0.25) is 0 Å². The number of carbonyl (C=O) groups is 1. The SMILES string of the molecule is O=C(c1ccco1)N(O)c1ccccc1. The fourth-order valence-electron chi connectivity index (χ4n) is 1.19. The average molecular weight is 203 g/mol. The lowest BCUT2D eigenvalue weighted by Crippen LogP contribution is -2.26. The zero-order chi connectivity index (χ0) is 10.7. The highest BCUT2D eigenvalue weighted by molar-refractivity contribution is 6.02. The predicted octanol–water partition coefficient (Wildman–Crippen LogP) is 2.32. The van der Waals surface area contributed by atoms with Gasteiger partial charge in [-0.15, -0.1) is 0 Å². The van der Waals surface area contributed by atoms with Crippen LogP contribution in [-0.2, 0) is 0 Å². The minimum Gasteiger partial charge on any atom is -0.459 e. The summed E-state index contributed by atoms with van der Waals surface area (Å²) in [5.41, 5.74) is 0.402. The highest BCUT2D eigenvalue weighted by atomic mass is 16.5. The maximum absolute atomic E-state index is 11.6. The minimum absolute atomic E-state index is 0.0985. The van der Waals surface area contributed by atoms with Crippen molar-refractivity contribution in [1.82, 2.24) is 0 Å². The molecule has 1 aromatic heterocycles. The van der Waals surface area contributed by atoms with Gasteiger partial charge in [-0.3, -0.25) is 10.0 Å². The van der Waals surface area contributed by atoms with E-state index in [-0.39, 0.29) is 5.76 Å². The Morgan fingerprint density at radius 3 is 2.47 bits per heavy atom. The molecule has 0 spiro atoms. The van der Waals surface area contributed by atoms with Gasteiger partial charge in [-0.2, -0.15) is 5.06 Å². The zero-order valence-electron chi connectivity index (χ0n) is 7.83. The number of rotatable bonds is 2. The van der Waals surface area contributed by atoms with Gasteiger partial charge in [0.05, 0.1) is 12.0 Å². The first-order valence-electron chi connectivity index (χ1n) is 4.41. The number of para-hydroxylation sites is 1. The summed E-state index contributed by atoms with van der Waals surface area (Å²) < 4.78 is 4.89. The Kier molecular flexibility index (Phi) is 2.51. The smallest absolute Gasteiger partial charge is 0.317 e. The average Bonchev–Trinajstić information content (AvgIpc) is 2.82. The molecule has 0 aliphatic heterocycles. The van der Waals surface area contributed by atoms with Crippen molar-refractivity contribution in [3.63, 3.8) is 0 Å². The number of hydroxylamine groups is 1. The molecule has 0 bridgehead atoms. The molecule has 0 aliphatic carbocycles. The highest BCUT2D eigenvalue weighted by Crippen LogP contribution is 2.14. The van der Waals surface area contributed by atoms with Crippen molar-refractivity contribution in [2.75, 3.05) is 5.06 Å². The molecule has 2 rings (SSSR count). The number of carbonyl (C=O) groups excluding carboxylic acids is 1. The van der Waals surface area contributed by atoms with Gasteiger partial charge in [-0.05, 0) is 24.3 Å². The molecule has 76 valence electrons. The van der Waals surface area contributed by atoms with Crippen LogP contribution in [0.2, 0.25) is 0 Å². The van der Waals surface area contributed by atoms with Gasteiger partial charge in [-0.1, -0.05) is 18.2 Å². The summed E-state index contributed by atoms with van der Waals surface area (Å²) in [5, 5.41) is 10.1. The summed E-state index contributed by atoms with van der Waals surface area (Å²) in [4.78, 5) is 11.6. The van der Waals surface area contributed by atoms with Crippen LogP contribution in [0.1, 0.15) is 10.6 Å². The van der Waals surface area contributed by atoms with Gasteiger partial charge in [0.25, 0.3) is 0 Å². The van der Waals surface area contributed by atoms with E-state index in [0.29, 0.717) is 10.8 Å². The molecule has 0 unspecified atom stereocenters. The third-order valence-corrected chi connectivity index (χ3v) is 1.93. The van der Waals surface area contributed by atoms with Gasteiger partial charge in [0.1, 0.15) is 0 Å². The summed E-state index contributed by atoms with van der Waals surface area (Å²) in [6, 6.07) is 11.6. The fraction of sp³-hybridized carbons (Fsp3) is 0. The van der Waals surface area contributed by atoms with Crippen molar-refractivity contribution in [3.05, 3.63) is 54.5 Å². The van der Waals surface area contributed by atoms with Crippen LogP contribution in [-0.4, -0.2) is 11.1 Å². The largest absolute Gasteiger partial charge is 0.459 e. The lowest BCUT2D eigenvalue weighted by Gasteiger charge is -2.12. The summed E-state index contributed by atoms with van der Waals surface area (Å²) >= 11 is 0. The van der Waals surface area contributed by atoms with Crippen LogP contribution in [0.4, 0.5) is 5.69 Å². The molecule has 0 fully saturated rings. The van der Waals surface area contributed by atoms with Crippen LogP contribution in [0.25, 0.3) is 0 Å². The summed E-state index contributed by atoms with van der Waals surface area (Å²) in [6.45, 7) is 0. The Morgan fingerprint density at radius 2 is 1.87 bits per heavy atom. The maximum Gasteiger partial charge on any atom is 0.317 e. The first-order chi connectivity index (χ1) is 7.29. The molecule has 0 aliphatic rings. The number of amides is 1. The minimum atomic E-state index is -0.591. The van der Waals surface area contributed by atoms with E-state index >= 15 is 0 Å². The van der Waals surface area contributed by atoms with E-state index in [2.05, 4.69) is 0 Å². The van der Waals surface area contributed by atoms with Crippen LogP contribution in [0.5, 0.6) is 0 Å². The summed E-state index contributed by atoms with van der Waals surface area (Å²) in [5.74, 6) is -0.493. The van der Waals surface area contributed by atoms with Crippen molar-refractivity contribution < 1.29 is 14.4 Å². The molecule has 0 radical (unpaired) electrons. The van der Waals surface area contributed by atoms with E-state index in [1.54, 1.807) is 36.4 Å². The molecule has 0 saturated heterocycles. The van der Waals surface area contributed by atoms with Crippen molar-refractivity contribution in [1.29, 1.82) is 0 Å². The number of hydrogen-bond donors (Lipinski definition) is 1. The van der Waals surface area contributed by atoms with Crippen molar-refractivity contribution in [2.24, 2.45) is 0 Å². The zero-order valence-corrected chi connectivity index (χ0v) is 7.83. The third kappa shape index (κ3) is 1.89. The van der Waals surface area contributed by atoms with Crippen LogP contribution < -0.4 is 5.06 Å². The van der Waals surface area contributed by atoms with Gasteiger partial charge < -0.3 is 4.42 Å². The molecule has 0 saturated carbocycles. The Hall–Kier alpha value is -2.07. The van der Waals surface area contributed by atoms with Crippen LogP contribution in [0.3, 0.4) is 0 Å². The van der Waals surface area contributed by atoms with Crippen molar-refractivity contribution >= 4 is 11.6 Å². The second-order valence-electron chi connectivity index (χ2n) is 2.93. The van der Waals surface area contributed by atoms with Crippen molar-refractivity contribution in [2.45, 2.75) is 0 Å². The standard InChI is InChI=1S/C11H9NO3/c13-11(10-7-4-8-15-10)12(14)9-5-2-1-3-6-9/h1-8,14H. The molecule has 4 nitrogen and oxygen atoms in total. The van der Waals surface area contributed by atoms with E-state index in [1.807, 2.05) is 0 Å². The Morgan fingerprint density at radius 1 is 1.13 bits per heavy atom. The maximum atomic E-state index is 11.6. The number of furan rings is 1. The van der Waals surface area contributed by atoms with E-state index in [0.717, 1.165) is 0 Å². The normalized spacial score (nSPS) is 9.93. The number of nitrogens with zero attached hydrogens (tertiary/aromatic N) is 1. The third-order valence-electron chi connectivity index (χ3n) is 1.93. The second kappa shape index (κ2) is 3.98. The molecule has 4 heteroatoms. The molecular formula is C11H9NO3. The lowest BCUT2D eigenvalue weighted by molar-refractivity contribution is 0.0826. The summed E-state index contributed by atoms with van der Waals surface area (Å²) in [7, 11) is 0. The second-order valence-corrected chi connectivity index (χ2v) is 2.93. The van der Waals surface area contributed by atoms with Crippen LogP contribution in [0.15, 0.2) is 53.1 Å². The Bertz CT molecular complexity index is 436. The molecule has 1 heterocycles. The fourth-order valence-corrected chi connectivity index (χ4v) is 1.19. The van der Waals surface area contributed by atoms with Gasteiger partial charge in [0, 0.05) is 0 Å². The molecule has 15 heavy (non-hydrogen) atoms. The van der Waals surface area contributed by atoms with E-state index in [1.165, 1.54) is 12.3 Å². The first-order valence-corrected chi connectivity index (χ1v) is 4.41. The van der Waals surface area contributed by atoms with Crippen LogP contribution in [0, 0.1) is 0 Å². The molecule has 1 aromatic carbocycles. The van der Waals surface area contributed by atoms with Gasteiger partial charge >= 0.3 is 5.91 Å². The van der Waals surface area contributed by atoms with E-state index < -0.39 is 5.91 Å². The van der Waals surface area contributed by atoms with Crippen LogP contribution >= 0.6 is 0 Å². The van der Waals surface area contributed by atoms with Gasteiger partial charge in [-0.25, -0.2) is 0 Å². The Balaban J connectivity index is 2.23. The predicted molar refractivity (Wildman–Crippen MR) is 53.7 cm³/mol. The van der Waals surface area contributed by atoms with Crippen molar-refractivity contribution in [3.8, 4) is 0 Å². The first kappa shape index (κ1) is 9.48. The molecule has 1 amide bonds. The Labute approximate surface area is 86.3 Å². The quantitative estimate of drug-likeness (QED) is 0.602. The van der Waals surface area contributed by atoms with E-state index in [9.17, 15) is 10.0 Å². The number of benzene rings is 1. The molecule has 2 aromatic rings. The van der Waals surface area contributed by atoms with E-state index in [4.69, 9.17) is 4.42 Å².